The summed E-state index contributed by atoms with van der Waals surface area (Å²) >= 11 is 1.10. The number of aryl methyl sites for hydroxylation is 1. The lowest BCUT2D eigenvalue weighted by molar-refractivity contribution is -0.138. The highest BCUT2D eigenvalue weighted by molar-refractivity contribution is 7.98. The van der Waals surface area contributed by atoms with Crippen LogP contribution in [0.5, 0.6) is 0 Å². The summed E-state index contributed by atoms with van der Waals surface area (Å²) in [5, 5.41) is 9.25. The zero-order valence-corrected chi connectivity index (χ0v) is 11.3. The maximum atomic E-state index is 13.3. The molecule has 0 spiro atoms. The van der Waals surface area contributed by atoms with Crippen LogP contribution in [0.2, 0.25) is 0 Å². The van der Waals surface area contributed by atoms with E-state index in [0.717, 1.165) is 31.0 Å². The molecule has 0 saturated carbocycles. The molecule has 1 aliphatic rings. The summed E-state index contributed by atoms with van der Waals surface area (Å²) in [5.41, 5.74) is -0.320. The zero-order chi connectivity index (χ0) is 14.0. The van der Waals surface area contributed by atoms with Crippen LogP contribution in [0, 0.1) is 11.3 Å². The fourth-order valence-corrected chi connectivity index (χ4v) is 3.01. The topological polar surface area (TPSA) is 36.7 Å². The number of pyridine rings is 1. The minimum absolute atomic E-state index is 0.190. The summed E-state index contributed by atoms with van der Waals surface area (Å²) in [5.74, 6) is 0. The van der Waals surface area contributed by atoms with Gasteiger partial charge in [0.25, 0.3) is 0 Å². The summed E-state index contributed by atoms with van der Waals surface area (Å²) < 4.78 is 39.9. The van der Waals surface area contributed by atoms with Crippen molar-refractivity contribution in [3.05, 3.63) is 22.4 Å². The molecule has 1 aromatic rings. The number of hydrogen-bond donors (Lipinski definition) is 0. The van der Waals surface area contributed by atoms with E-state index >= 15 is 0 Å². The number of hydrogen-bond acceptors (Lipinski definition) is 3. The Hall–Kier alpha value is -1.22. The molecule has 0 amide bonds. The summed E-state index contributed by atoms with van der Waals surface area (Å²) in [6, 6.07) is 1.69. The predicted molar refractivity (Wildman–Crippen MR) is 67.0 cm³/mol. The molecule has 0 atom stereocenters. The van der Waals surface area contributed by atoms with Gasteiger partial charge >= 0.3 is 6.18 Å². The van der Waals surface area contributed by atoms with Crippen LogP contribution in [0.4, 0.5) is 13.2 Å². The van der Waals surface area contributed by atoms with E-state index in [2.05, 4.69) is 4.98 Å². The van der Waals surface area contributed by atoms with Gasteiger partial charge in [0, 0.05) is 5.69 Å². The maximum Gasteiger partial charge on any atom is 0.418 e. The number of aromatic nitrogens is 1. The molecule has 0 N–H and O–H groups in total. The van der Waals surface area contributed by atoms with Gasteiger partial charge in [-0.15, -0.1) is 11.8 Å². The predicted octanol–water partition coefficient (Wildman–Crippen LogP) is 3.96. The van der Waals surface area contributed by atoms with E-state index in [4.69, 9.17) is 5.26 Å². The molecule has 1 heterocycles. The first kappa shape index (κ1) is 14.2. The molecule has 0 unspecified atom stereocenters. The molecule has 0 aliphatic heterocycles. The van der Waals surface area contributed by atoms with Gasteiger partial charge in [-0.05, 0) is 37.5 Å². The second kappa shape index (κ2) is 5.41. The number of thioether (sulfide) groups is 1. The van der Waals surface area contributed by atoms with Gasteiger partial charge in [-0.25, -0.2) is 4.98 Å². The van der Waals surface area contributed by atoms with Crippen molar-refractivity contribution in [2.45, 2.75) is 43.3 Å². The highest BCUT2D eigenvalue weighted by Crippen LogP contribution is 2.40. The number of nitriles is 1. The minimum atomic E-state index is -4.49. The number of fused-ring (bicyclic) bond motifs is 1. The molecule has 1 aliphatic carbocycles. The van der Waals surface area contributed by atoms with Crippen molar-refractivity contribution in [3.63, 3.8) is 0 Å². The summed E-state index contributed by atoms with van der Waals surface area (Å²) in [6.07, 6.45) is 0.569. The molecule has 6 heteroatoms. The Bertz CT molecular complexity index is 532. The minimum Gasteiger partial charge on any atom is -0.245 e. The van der Waals surface area contributed by atoms with Crippen molar-refractivity contribution in [1.29, 1.82) is 5.26 Å². The maximum absolute atomic E-state index is 13.3. The van der Waals surface area contributed by atoms with E-state index in [9.17, 15) is 13.2 Å². The van der Waals surface area contributed by atoms with Crippen LogP contribution in [0.15, 0.2) is 5.03 Å². The molecule has 2 nitrogen and oxygen atoms in total. The smallest absolute Gasteiger partial charge is 0.245 e. The average molecular weight is 286 g/mol. The average Bonchev–Trinajstić information content (AvgIpc) is 2.59. The first-order valence-electron chi connectivity index (χ1n) is 6.06. The molecule has 0 radical (unpaired) electrons. The number of nitrogens with zero attached hydrogens (tertiary/aromatic N) is 2. The standard InChI is InChI=1S/C13H13F3N2S/c1-19-12-9(7-17)11(13(14,15)16)8-5-3-2-4-6-10(8)18-12/h2-6H2,1H3. The first-order chi connectivity index (χ1) is 8.99. The Labute approximate surface area is 114 Å². The molecule has 102 valence electrons. The molecule has 2 rings (SSSR count). The molecule has 1 aromatic heterocycles. The molecular weight excluding hydrogens is 273 g/mol. The van der Waals surface area contributed by atoms with Gasteiger partial charge in [0.05, 0.1) is 11.1 Å². The lowest BCUT2D eigenvalue weighted by Gasteiger charge is -2.18. The zero-order valence-electron chi connectivity index (χ0n) is 10.5. The van der Waals surface area contributed by atoms with Crippen molar-refractivity contribution in [1.82, 2.24) is 4.98 Å². The van der Waals surface area contributed by atoms with Crippen molar-refractivity contribution < 1.29 is 13.2 Å². The van der Waals surface area contributed by atoms with Gasteiger partial charge in [0.1, 0.15) is 11.1 Å². The lowest BCUT2D eigenvalue weighted by atomic mass is 9.97. The number of halogens is 3. The highest BCUT2D eigenvalue weighted by atomic mass is 32.2. The van der Waals surface area contributed by atoms with Gasteiger partial charge in [0.15, 0.2) is 0 Å². The molecule has 0 bridgehead atoms. The number of rotatable bonds is 1. The molecule has 0 saturated heterocycles. The first-order valence-corrected chi connectivity index (χ1v) is 7.28. The summed E-state index contributed by atoms with van der Waals surface area (Å²) in [4.78, 5) is 4.28. The second-order valence-electron chi connectivity index (χ2n) is 4.47. The molecular formula is C13H13F3N2S. The Morgan fingerprint density at radius 1 is 1.21 bits per heavy atom. The van der Waals surface area contributed by atoms with Crippen molar-refractivity contribution in [2.24, 2.45) is 0 Å². The van der Waals surface area contributed by atoms with Crippen LogP contribution in [-0.2, 0) is 19.0 Å². The van der Waals surface area contributed by atoms with Crippen LogP contribution < -0.4 is 0 Å². The van der Waals surface area contributed by atoms with Crippen LogP contribution >= 0.6 is 11.8 Å². The molecule has 0 fully saturated rings. The number of alkyl halides is 3. The third kappa shape index (κ3) is 2.71. The van der Waals surface area contributed by atoms with Gasteiger partial charge in [-0.1, -0.05) is 6.42 Å². The van der Waals surface area contributed by atoms with E-state index in [1.807, 2.05) is 0 Å². The Balaban J connectivity index is 2.75. The van der Waals surface area contributed by atoms with E-state index in [1.165, 1.54) is 0 Å². The normalized spacial score (nSPS) is 15.5. The Morgan fingerprint density at radius 3 is 2.47 bits per heavy atom. The highest BCUT2D eigenvalue weighted by Gasteiger charge is 2.39. The van der Waals surface area contributed by atoms with Gasteiger partial charge in [0.2, 0.25) is 0 Å². The van der Waals surface area contributed by atoms with E-state index in [1.54, 1.807) is 12.3 Å². The van der Waals surface area contributed by atoms with Gasteiger partial charge in [-0.3, -0.25) is 0 Å². The quantitative estimate of drug-likeness (QED) is 0.579. The summed E-state index contributed by atoms with van der Waals surface area (Å²) in [7, 11) is 0. The van der Waals surface area contributed by atoms with Crippen LogP contribution in [0.25, 0.3) is 0 Å². The van der Waals surface area contributed by atoms with Crippen molar-refractivity contribution in [2.75, 3.05) is 6.26 Å². The van der Waals surface area contributed by atoms with E-state index in [0.29, 0.717) is 18.5 Å². The van der Waals surface area contributed by atoms with Crippen LogP contribution in [0.3, 0.4) is 0 Å². The van der Waals surface area contributed by atoms with Crippen LogP contribution in [0.1, 0.15) is 41.6 Å². The summed E-state index contributed by atoms with van der Waals surface area (Å²) in [6.45, 7) is 0. The molecule has 19 heavy (non-hydrogen) atoms. The fraction of sp³-hybridized carbons (Fsp3) is 0.538. The van der Waals surface area contributed by atoms with E-state index in [-0.39, 0.29) is 16.2 Å². The fourth-order valence-electron chi connectivity index (χ4n) is 2.46. The van der Waals surface area contributed by atoms with Crippen LogP contribution in [-0.4, -0.2) is 11.2 Å². The van der Waals surface area contributed by atoms with Gasteiger partial charge in [-0.2, -0.15) is 18.4 Å². The van der Waals surface area contributed by atoms with Crippen molar-refractivity contribution in [3.8, 4) is 6.07 Å². The SMILES string of the molecule is CSc1nc2c(c(C(F)(F)F)c1C#N)CCCCC2. The molecule has 0 aromatic carbocycles. The van der Waals surface area contributed by atoms with Gasteiger partial charge < -0.3 is 0 Å². The third-order valence-corrected chi connectivity index (χ3v) is 3.96. The Morgan fingerprint density at radius 2 is 1.89 bits per heavy atom. The Kier molecular flexibility index (Phi) is 4.04. The lowest BCUT2D eigenvalue weighted by Crippen LogP contribution is -2.16. The second-order valence-corrected chi connectivity index (χ2v) is 5.26. The third-order valence-electron chi connectivity index (χ3n) is 3.28. The van der Waals surface area contributed by atoms with Crippen molar-refractivity contribution >= 4 is 11.8 Å². The van der Waals surface area contributed by atoms with E-state index < -0.39 is 11.7 Å². The largest absolute Gasteiger partial charge is 0.418 e. The monoisotopic (exact) mass is 286 g/mol.